The van der Waals surface area contributed by atoms with Gasteiger partial charge in [-0.15, -0.1) is 0 Å². The number of nitrogens with two attached hydrogens (primary N) is 1. The van der Waals surface area contributed by atoms with Crippen LogP contribution >= 0.6 is 11.3 Å². The van der Waals surface area contributed by atoms with E-state index in [1.165, 1.54) is 47.0 Å². The van der Waals surface area contributed by atoms with Gasteiger partial charge in [-0.25, -0.2) is 26.4 Å². The van der Waals surface area contributed by atoms with Crippen LogP contribution in [0.4, 0.5) is 10.1 Å². The summed E-state index contributed by atoms with van der Waals surface area (Å²) in [4.78, 5) is 29.2. The average Bonchev–Trinajstić information content (AvgIpc) is 3.19. The molecule has 0 spiro atoms. The highest BCUT2D eigenvalue weighted by molar-refractivity contribution is 7.92. The van der Waals surface area contributed by atoms with Crippen molar-refractivity contribution in [1.82, 2.24) is 4.57 Å². The van der Waals surface area contributed by atoms with E-state index in [1.807, 2.05) is 0 Å². The van der Waals surface area contributed by atoms with Crippen molar-refractivity contribution in [3.05, 3.63) is 82.9 Å². The number of hydrogen-bond donors (Lipinski definition) is 2. The van der Waals surface area contributed by atoms with Crippen molar-refractivity contribution in [2.45, 2.75) is 23.3 Å². The number of amides is 1. The summed E-state index contributed by atoms with van der Waals surface area (Å²) in [5, 5.41) is 5.22. The first kappa shape index (κ1) is 28.1. The highest BCUT2D eigenvalue weighted by Gasteiger charge is 2.18. The van der Waals surface area contributed by atoms with E-state index < -0.39 is 37.7 Å². The Balaban J connectivity index is 1.72. The number of rotatable bonds is 8. The molecule has 1 heterocycles. The Morgan fingerprint density at radius 2 is 1.72 bits per heavy atom. The number of fused-ring (bicyclic) bond motifs is 1. The van der Waals surface area contributed by atoms with Gasteiger partial charge in [0.25, 0.3) is 15.9 Å². The molecule has 0 aliphatic heterocycles. The van der Waals surface area contributed by atoms with Crippen LogP contribution in [-0.2, 0) is 36.1 Å². The summed E-state index contributed by atoms with van der Waals surface area (Å²) in [6, 6.07) is 13.8. The molecule has 0 saturated heterocycles. The minimum absolute atomic E-state index is 0.0275. The van der Waals surface area contributed by atoms with Crippen LogP contribution < -0.4 is 14.7 Å². The number of anilines is 1. The van der Waals surface area contributed by atoms with E-state index in [0.29, 0.717) is 10.2 Å². The number of nitrogens with zero attached hydrogens (tertiary/aromatic N) is 2. The molecular weight excluding hydrogens is 571 g/mol. The van der Waals surface area contributed by atoms with Crippen LogP contribution in [0.15, 0.2) is 81.5 Å². The van der Waals surface area contributed by atoms with Crippen LogP contribution in [0.3, 0.4) is 0 Å². The summed E-state index contributed by atoms with van der Waals surface area (Å²) in [5.74, 6) is -1.95. The van der Waals surface area contributed by atoms with Crippen molar-refractivity contribution in [3.63, 3.8) is 0 Å². The molecule has 0 unspecified atom stereocenters. The maximum atomic E-state index is 13.2. The monoisotopic (exact) mass is 592 g/mol. The molecule has 11 nitrogen and oxygen atoms in total. The van der Waals surface area contributed by atoms with Crippen molar-refractivity contribution in [2.75, 3.05) is 11.3 Å². The zero-order chi connectivity index (χ0) is 28.4. The van der Waals surface area contributed by atoms with Gasteiger partial charge in [-0.1, -0.05) is 17.4 Å². The Kier molecular flexibility index (Phi) is 7.96. The fourth-order valence-corrected chi connectivity index (χ4v) is 6.23. The molecule has 4 rings (SSSR count). The van der Waals surface area contributed by atoms with E-state index in [4.69, 9.17) is 9.88 Å². The van der Waals surface area contributed by atoms with Crippen molar-refractivity contribution in [1.29, 1.82) is 0 Å². The first-order valence-electron chi connectivity index (χ1n) is 11.2. The number of sulfonamides is 2. The zero-order valence-electron chi connectivity index (χ0n) is 20.2. The van der Waals surface area contributed by atoms with E-state index in [9.17, 15) is 30.8 Å². The molecule has 3 N–H and O–H groups in total. The third-order valence-electron chi connectivity index (χ3n) is 5.26. The van der Waals surface area contributed by atoms with Crippen LogP contribution in [0.1, 0.15) is 17.3 Å². The number of carbonyl (C=O) groups excluding carboxylic acids is 2. The highest BCUT2D eigenvalue weighted by atomic mass is 32.2. The number of primary sulfonamides is 1. The molecule has 3 aromatic carbocycles. The summed E-state index contributed by atoms with van der Waals surface area (Å²) in [5.41, 5.74) is 0.515. The van der Waals surface area contributed by atoms with Crippen molar-refractivity contribution in [2.24, 2.45) is 10.1 Å². The second kappa shape index (κ2) is 11.1. The third kappa shape index (κ3) is 6.57. The Morgan fingerprint density at radius 3 is 2.38 bits per heavy atom. The van der Waals surface area contributed by atoms with Gasteiger partial charge >= 0.3 is 5.97 Å². The lowest BCUT2D eigenvalue weighted by Crippen LogP contribution is -2.23. The van der Waals surface area contributed by atoms with Gasteiger partial charge in [0.15, 0.2) is 4.80 Å². The van der Waals surface area contributed by atoms with Gasteiger partial charge in [0.2, 0.25) is 10.0 Å². The van der Waals surface area contributed by atoms with E-state index in [2.05, 4.69) is 9.71 Å². The first-order valence-corrected chi connectivity index (χ1v) is 15.0. The van der Waals surface area contributed by atoms with Crippen molar-refractivity contribution >= 4 is 59.2 Å². The Hall–Kier alpha value is -3.92. The van der Waals surface area contributed by atoms with Crippen LogP contribution in [-0.4, -0.2) is 39.9 Å². The molecule has 0 aliphatic carbocycles. The predicted molar refractivity (Wildman–Crippen MR) is 141 cm³/mol. The number of carbonyl (C=O) groups is 2. The molecule has 0 atom stereocenters. The first-order chi connectivity index (χ1) is 18.4. The van der Waals surface area contributed by atoms with Gasteiger partial charge in [-0.05, 0) is 67.6 Å². The molecule has 204 valence electrons. The van der Waals surface area contributed by atoms with E-state index in [1.54, 1.807) is 6.92 Å². The van der Waals surface area contributed by atoms with Crippen LogP contribution in [0, 0.1) is 5.82 Å². The second-order valence-electron chi connectivity index (χ2n) is 8.01. The number of nitrogens with one attached hydrogen (secondary N) is 1. The molecule has 1 aromatic heterocycles. The topological polar surface area (TPSA) is 167 Å². The summed E-state index contributed by atoms with van der Waals surface area (Å²) in [7, 11) is -8.07. The van der Waals surface area contributed by atoms with Gasteiger partial charge in [0.1, 0.15) is 12.4 Å². The predicted octanol–water partition coefficient (Wildman–Crippen LogP) is 2.59. The SMILES string of the molecule is CCOC(=O)Cn1c(=NC(=O)c2cccc(NS(=O)(=O)c3ccc(F)cc3)c2)sc2cc(S(N)(=O)=O)ccc21. The number of hydrogen-bond acceptors (Lipinski definition) is 8. The molecule has 0 radical (unpaired) electrons. The van der Waals surface area contributed by atoms with Crippen LogP contribution in [0.5, 0.6) is 0 Å². The third-order valence-corrected chi connectivity index (χ3v) is 8.61. The molecule has 0 saturated carbocycles. The lowest BCUT2D eigenvalue weighted by molar-refractivity contribution is -0.143. The van der Waals surface area contributed by atoms with Crippen LogP contribution in [0.25, 0.3) is 10.2 Å². The summed E-state index contributed by atoms with van der Waals surface area (Å²) >= 11 is 0.955. The van der Waals surface area contributed by atoms with Gasteiger partial charge in [-0.3, -0.25) is 14.3 Å². The molecular formula is C24H21FN4O7S3. The molecule has 15 heteroatoms. The molecule has 0 fully saturated rings. The van der Waals surface area contributed by atoms with E-state index in [-0.39, 0.29) is 39.0 Å². The van der Waals surface area contributed by atoms with E-state index >= 15 is 0 Å². The molecule has 0 aliphatic rings. The van der Waals surface area contributed by atoms with Gasteiger partial charge in [-0.2, -0.15) is 4.99 Å². The molecule has 0 bridgehead atoms. The van der Waals surface area contributed by atoms with Crippen molar-refractivity contribution < 1.29 is 35.6 Å². The summed E-state index contributed by atoms with van der Waals surface area (Å²) in [6.45, 7) is 1.47. The number of thiazole rings is 1. The van der Waals surface area contributed by atoms with Crippen molar-refractivity contribution in [3.8, 4) is 0 Å². The molecule has 4 aromatic rings. The quantitative estimate of drug-likeness (QED) is 0.297. The second-order valence-corrected chi connectivity index (χ2v) is 12.3. The lowest BCUT2D eigenvalue weighted by atomic mass is 10.2. The smallest absolute Gasteiger partial charge is 0.326 e. The number of benzene rings is 3. The van der Waals surface area contributed by atoms with Crippen LogP contribution in [0.2, 0.25) is 0 Å². The fraction of sp³-hybridized carbons (Fsp3) is 0.125. The highest BCUT2D eigenvalue weighted by Crippen LogP contribution is 2.22. The minimum Gasteiger partial charge on any atom is -0.465 e. The minimum atomic E-state index is -4.06. The maximum Gasteiger partial charge on any atom is 0.326 e. The normalized spacial score (nSPS) is 12.4. The summed E-state index contributed by atoms with van der Waals surface area (Å²) < 4.78 is 71.2. The standard InChI is InChI=1S/C24H21FN4O7S3/c1-2-36-22(30)14-29-20-11-10-19(38(26,32)33)13-21(20)37-24(29)27-23(31)15-4-3-5-17(12-15)28-39(34,35)18-8-6-16(25)7-9-18/h3-13,28H,2,14H2,1H3,(H2,26,32,33). The largest absolute Gasteiger partial charge is 0.465 e. The Morgan fingerprint density at radius 1 is 1.03 bits per heavy atom. The van der Waals surface area contributed by atoms with Gasteiger partial charge in [0.05, 0.1) is 26.6 Å². The average molecular weight is 593 g/mol. The Bertz CT molecular complexity index is 1860. The maximum absolute atomic E-state index is 13.2. The van der Waals surface area contributed by atoms with E-state index in [0.717, 1.165) is 35.6 Å². The Labute approximate surface area is 226 Å². The number of aromatic nitrogens is 1. The number of ether oxygens (including phenoxy) is 1. The van der Waals surface area contributed by atoms with Gasteiger partial charge < -0.3 is 9.30 Å². The lowest BCUT2D eigenvalue weighted by Gasteiger charge is -2.09. The molecule has 39 heavy (non-hydrogen) atoms. The number of esters is 1. The zero-order valence-corrected chi connectivity index (χ0v) is 22.6. The fourth-order valence-electron chi connectivity index (χ4n) is 3.50. The summed E-state index contributed by atoms with van der Waals surface area (Å²) in [6.07, 6.45) is 0. The van der Waals surface area contributed by atoms with Gasteiger partial charge in [0, 0.05) is 11.3 Å². The number of halogens is 1. The molecule has 1 amide bonds.